The fraction of sp³-hybridized carbons (Fsp3) is 0.348. The molecule has 1 saturated heterocycles. The lowest BCUT2D eigenvalue weighted by Crippen LogP contribution is -2.38. The molecule has 0 amide bonds. The molecule has 1 aromatic carbocycles. The van der Waals surface area contributed by atoms with E-state index in [2.05, 4.69) is 10.3 Å². The largest absolute Gasteiger partial charge is 0.488 e. The number of carboxylic acids is 2. The minimum absolute atomic E-state index is 0.197. The number of hydrogen-bond donors (Lipinski definition) is 3. The van der Waals surface area contributed by atoms with Crippen molar-refractivity contribution in [2.75, 3.05) is 26.3 Å². The van der Waals surface area contributed by atoms with Crippen LogP contribution in [0, 0.1) is 11.7 Å². The molecule has 9 heteroatoms. The van der Waals surface area contributed by atoms with E-state index in [0.29, 0.717) is 48.8 Å². The van der Waals surface area contributed by atoms with Gasteiger partial charge in [-0.3, -0.25) is 0 Å². The molecular weight excluding hydrogens is 419 g/mol. The molecule has 172 valence electrons. The lowest BCUT2D eigenvalue weighted by Gasteiger charge is -2.32. The molecule has 0 aliphatic carbocycles. The first kappa shape index (κ1) is 24.8. The monoisotopic (exact) mass is 446 g/mol. The third-order valence-electron chi connectivity index (χ3n) is 4.74. The van der Waals surface area contributed by atoms with Gasteiger partial charge >= 0.3 is 11.9 Å². The summed E-state index contributed by atoms with van der Waals surface area (Å²) in [7, 11) is 0. The molecule has 1 aliphatic heterocycles. The quantitative estimate of drug-likeness (QED) is 0.530. The standard InChI is InChI=1S/C19H23FN2O2.C4H4O4/c1-2-23-19-18(4-3-10-22-19)24-13-15-12-21-11-9-17(15)14-5-7-16(20)8-6-14;5-3(6)1-2-4(7)8/h3-8,10,15,17,21H,2,9,11-13H2,1H3;1-2H,(H,5,6)(H,7,8)/b;2-1+/t15-,17-;/m0./s1. The van der Waals surface area contributed by atoms with Gasteiger partial charge in [0, 0.05) is 30.8 Å². The van der Waals surface area contributed by atoms with Gasteiger partial charge in [-0.2, -0.15) is 0 Å². The van der Waals surface area contributed by atoms with Crippen LogP contribution in [0.3, 0.4) is 0 Å². The van der Waals surface area contributed by atoms with Crippen LogP contribution in [0.5, 0.6) is 11.6 Å². The van der Waals surface area contributed by atoms with Gasteiger partial charge in [-0.05, 0) is 55.6 Å². The second-order valence-electron chi connectivity index (χ2n) is 6.97. The molecule has 32 heavy (non-hydrogen) atoms. The molecule has 0 radical (unpaired) electrons. The predicted octanol–water partition coefficient (Wildman–Crippen LogP) is 3.10. The molecule has 8 nitrogen and oxygen atoms in total. The molecule has 1 aromatic heterocycles. The first-order valence-electron chi connectivity index (χ1n) is 10.2. The van der Waals surface area contributed by atoms with E-state index in [9.17, 15) is 14.0 Å². The minimum Gasteiger partial charge on any atom is -0.488 e. The van der Waals surface area contributed by atoms with Crippen molar-refractivity contribution in [2.24, 2.45) is 5.92 Å². The number of rotatable bonds is 8. The van der Waals surface area contributed by atoms with Crippen LogP contribution in [-0.4, -0.2) is 53.4 Å². The second kappa shape index (κ2) is 13.1. The van der Waals surface area contributed by atoms with Crippen LogP contribution in [0.25, 0.3) is 0 Å². The highest BCUT2D eigenvalue weighted by molar-refractivity contribution is 5.89. The highest BCUT2D eigenvalue weighted by Gasteiger charge is 2.27. The Bertz CT molecular complexity index is 888. The molecular formula is C23H27FN2O6. The first-order chi connectivity index (χ1) is 15.4. The zero-order chi connectivity index (χ0) is 23.3. The van der Waals surface area contributed by atoms with E-state index in [0.717, 1.165) is 19.5 Å². The van der Waals surface area contributed by atoms with Crippen LogP contribution in [0.15, 0.2) is 54.7 Å². The summed E-state index contributed by atoms with van der Waals surface area (Å²) in [6.07, 6.45) is 3.83. The van der Waals surface area contributed by atoms with E-state index in [1.165, 1.54) is 17.7 Å². The van der Waals surface area contributed by atoms with Crippen molar-refractivity contribution in [2.45, 2.75) is 19.3 Å². The van der Waals surface area contributed by atoms with Crippen LogP contribution in [0.1, 0.15) is 24.8 Å². The number of carbonyl (C=O) groups is 2. The number of nitrogens with zero attached hydrogens (tertiary/aromatic N) is 1. The molecule has 0 saturated carbocycles. The highest BCUT2D eigenvalue weighted by Crippen LogP contribution is 2.32. The number of benzene rings is 1. The van der Waals surface area contributed by atoms with E-state index < -0.39 is 11.9 Å². The van der Waals surface area contributed by atoms with Gasteiger partial charge in [-0.25, -0.2) is 19.0 Å². The Balaban J connectivity index is 0.000000390. The lowest BCUT2D eigenvalue weighted by atomic mass is 9.81. The molecule has 1 fully saturated rings. The zero-order valence-corrected chi connectivity index (χ0v) is 17.7. The highest BCUT2D eigenvalue weighted by atomic mass is 19.1. The van der Waals surface area contributed by atoms with Crippen molar-refractivity contribution < 1.29 is 33.7 Å². The second-order valence-corrected chi connectivity index (χ2v) is 6.97. The fourth-order valence-corrected chi connectivity index (χ4v) is 3.32. The average Bonchev–Trinajstić information content (AvgIpc) is 2.79. The summed E-state index contributed by atoms with van der Waals surface area (Å²) < 4.78 is 24.7. The maximum Gasteiger partial charge on any atom is 0.328 e. The third-order valence-corrected chi connectivity index (χ3v) is 4.74. The average molecular weight is 446 g/mol. The lowest BCUT2D eigenvalue weighted by molar-refractivity contribution is -0.134. The van der Waals surface area contributed by atoms with Crippen LogP contribution in [0.4, 0.5) is 4.39 Å². The minimum atomic E-state index is -1.26. The predicted molar refractivity (Wildman–Crippen MR) is 115 cm³/mol. The van der Waals surface area contributed by atoms with Gasteiger partial charge in [0.05, 0.1) is 13.2 Å². The molecule has 1 aliphatic rings. The van der Waals surface area contributed by atoms with Gasteiger partial charge in [0.15, 0.2) is 5.75 Å². The van der Waals surface area contributed by atoms with E-state index in [1.54, 1.807) is 6.20 Å². The Hall–Kier alpha value is -3.46. The molecule has 3 N–H and O–H groups in total. The van der Waals surface area contributed by atoms with Gasteiger partial charge in [0.25, 0.3) is 5.88 Å². The van der Waals surface area contributed by atoms with Crippen LogP contribution >= 0.6 is 0 Å². The number of aromatic nitrogens is 1. The summed E-state index contributed by atoms with van der Waals surface area (Å²) in [5.41, 5.74) is 1.17. The SMILES string of the molecule is CCOc1ncccc1OC[C@@H]1CNCC[C@H]1c1ccc(F)cc1.O=C(O)/C=C/C(=O)O. The summed E-state index contributed by atoms with van der Waals surface area (Å²) in [4.78, 5) is 23.3. The van der Waals surface area contributed by atoms with Crippen molar-refractivity contribution in [1.82, 2.24) is 10.3 Å². The Kier molecular flexibility index (Phi) is 10.1. The maximum absolute atomic E-state index is 13.2. The Morgan fingerprint density at radius 1 is 1.16 bits per heavy atom. The maximum atomic E-state index is 13.2. The molecule has 0 unspecified atom stereocenters. The molecule has 2 aromatic rings. The molecule has 0 bridgehead atoms. The number of halogens is 1. The number of pyridine rings is 1. The summed E-state index contributed by atoms with van der Waals surface area (Å²) in [6, 6.07) is 10.5. The van der Waals surface area contributed by atoms with Crippen molar-refractivity contribution >= 4 is 11.9 Å². The molecule has 2 atom stereocenters. The van der Waals surface area contributed by atoms with Crippen LogP contribution < -0.4 is 14.8 Å². The Labute approximate surface area is 185 Å². The molecule has 3 rings (SSSR count). The normalized spacial score (nSPS) is 17.8. The van der Waals surface area contributed by atoms with Gasteiger partial charge in [-0.15, -0.1) is 0 Å². The van der Waals surface area contributed by atoms with Crippen molar-refractivity contribution in [3.05, 3.63) is 66.1 Å². The molecule has 2 heterocycles. The van der Waals surface area contributed by atoms with Gasteiger partial charge in [0.2, 0.25) is 0 Å². The van der Waals surface area contributed by atoms with Crippen molar-refractivity contribution in [3.8, 4) is 11.6 Å². The summed E-state index contributed by atoms with van der Waals surface area (Å²) in [5.74, 6) is -0.833. The van der Waals surface area contributed by atoms with Gasteiger partial charge in [-0.1, -0.05) is 12.1 Å². The van der Waals surface area contributed by atoms with E-state index in [1.807, 2.05) is 31.2 Å². The van der Waals surface area contributed by atoms with E-state index >= 15 is 0 Å². The summed E-state index contributed by atoms with van der Waals surface area (Å²) in [6.45, 7) is 4.90. The van der Waals surface area contributed by atoms with Gasteiger partial charge < -0.3 is 25.0 Å². The van der Waals surface area contributed by atoms with Crippen LogP contribution in [0.2, 0.25) is 0 Å². The number of piperidine rings is 1. The van der Waals surface area contributed by atoms with Crippen molar-refractivity contribution in [1.29, 1.82) is 0 Å². The molecule has 0 spiro atoms. The Morgan fingerprint density at radius 3 is 2.47 bits per heavy atom. The third kappa shape index (κ3) is 8.35. The summed E-state index contributed by atoms with van der Waals surface area (Å²) >= 11 is 0. The number of carboxylic acid groups (broad SMARTS) is 2. The smallest absolute Gasteiger partial charge is 0.328 e. The Morgan fingerprint density at radius 2 is 1.84 bits per heavy atom. The summed E-state index contributed by atoms with van der Waals surface area (Å²) in [5, 5.41) is 19.0. The van der Waals surface area contributed by atoms with Crippen LogP contribution in [-0.2, 0) is 9.59 Å². The number of nitrogens with one attached hydrogen (secondary N) is 1. The number of ether oxygens (including phenoxy) is 2. The van der Waals surface area contributed by atoms with Crippen molar-refractivity contribution in [3.63, 3.8) is 0 Å². The topological polar surface area (TPSA) is 118 Å². The zero-order valence-electron chi connectivity index (χ0n) is 17.7. The first-order valence-corrected chi connectivity index (χ1v) is 10.2. The number of aliphatic carboxylic acids is 2. The van der Waals surface area contributed by atoms with E-state index in [-0.39, 0.29) is 5.82 Å². The fourth-order valence-electron chi connectivity index (χ4n) is 3.32. The van der Waals surface area contributed by atoms with Gasteiger partial charge in [0.1, 0.15) is 5.82 Å². The van der Waals surface area contributed by atoms with E-state index in [4.69, 9.17) is 19.7 Å². The number of hydrogen-bond acceptors (Lipinski definition) is 6.